The van der Waals surface area contributed by atoms with Crippen molar-refractivity contribution in [3.63, 3.8) is 0 Å². The molecule has 0 radical (unpaired) electrons. The van der Waals surface area contributed by atoms with Gasteiger partial charge in [0.25, 0.3) is 0 Å². The SMILES string of the molecule is CC1(C(=O)O)C=CC=C(C(=O)O)C1.CCCCCCCCCCCC(=O)OCCCC. The fourth-order valence-corrected chi connectivity index (χ4v) is 3.17. The van der Waals surface area contributed by atoms with E-state index >= 15 is 0 Å². The van der Waals surface area contributed by atoms with Crippen LogP contribution in [0.4, 0.5) is 0 Å². The fourth-order valence-electron chi connectivity index (χ4n) is 3.17. The minimum atomic E-state index is -1.08. The van der Waals surface area contributed by atoms with Gasteiger partial charge in [-0.3, -0.25) is 9.59 Å². The third-order valence-electron chi connectivity index (χ3n) is 5.33. The van der Waals surface area contributed by atoms with Gasteiger partial charge >= 0.3 is 17.9 Å². The second kappa shape index (κ2) is 17.6. The molecule has 2 N–H and O–H groups in total. The molecular formula is C25H42O6. The molecule has 0 bridgehead atoms. The van der Waals surface area contributed by atoms with Gasteiger partial charge < -0.3 is 14.9 Å². The van der Waals surface area contributed by atoms with Crippen molar-refractivity contribution < 1.29 is 29.3 Å². The highest BCUT2D eigenvalue weighted by molar-refractivity contribution is 5.90. The Bertz CT molecular complexity index is 593. The quantitative estimate of drug-likeness (QED) is 0.230. The number of carboxylic acid groups (broad SMARTS) is 2. The molecule has 1 aliphatic rings. The van der Waals surface area contributed by atoms with Crippen LogP contribution in [0.2, 0.25) is 0 Å². The summed E-state index contributed by atoms with van der Waals surface area (Å²) < 4.78 is 5.12. The Morgan fingerprint density at radius 2 is 1.45 bits per heavy atom. The van der Waals surface area contributed by atoms with Crippen LogP contribution in [0.1, 0.15) is 104 Å². The van der Waals surface area contributed by atoms with Gasteiger partial charge in [-0.05, 0) is 26.2 Å². The van der Waals surface area contributed by atoms with E-state index in [1.165, 1.54) is 76.5 Å². The van der Waals surface area contributed by atoms with Crippen molar-refractivity contribution in [2.75, 3.05) is 6.61 Å². The van der Waals surface area contributed by atoms with E-state index in [0.717, 1.165) is 19.3 Å². The van der Waals surface area contributed by atoms with Crippen molar-refractivity contribution in [1.29, 1.82) is 0 Å². The Labute approximate surface area is 187 Å². The second-order valence-corrected chi connectivity index (χ2v) is 8.41. The van der Waals surface area contributed by atoms with Crippen LogP contribution in [0.15, 0.2) is 23.8 Å². The number of allylic oxidation sites excluding steroid dienone is 2. The highest BCUT2D eigenvalue weighted by Crippen LogP contribution is 2.31. The Kier molecular flexibility index (Phi) is 16.4. The summed E-state index contributed by atoms with van der Waals surface area (Å²) in [7, 11) is 0. The first-order valence-corrected chi connectivity index (χ1v) is 11.8. The number of unbranched alkanes of at least 4 members (excludes halogenated alkanes) is 9. The molecule has 1 atom stereocenters. The van der Waals surface area contributed by atoms with Crippen LogP contribution in [0.3, 0.4) is 0 Å². The zero-order valence-corrected chi connectivity index (χ0v) is 19.7. The molecule has 6 heteroatoms. The predicted molar refractivity (Wildman–Crippen MR) is 123 cm³/mol. The number of ether oxygens (including phenoxy) is 1. The van der Waals surface area contributed by atoms with Crippen molar-refractivity contribution in [2.24, 2.45) is 5.41 Å². The summed E-state index contributed by atoms with van der Waals surface area (Å²) in [4.78, 5) is 32.6. The Balaban J connectivity index is 0.000000609. The molecule has 0 fully saturated rings. The van der Waals surface area contributed by atoms with Gasteiger partial charge in [0.2, 0.25) is 0 Å². The molecule has 1 unspecified atom stereocenters. The van der Waals surface area contributed by atoms with Crippen LogP contribution >= 0.6 is 0 Å². The van der Waals surface area contributed by atoms with Crippen molar-refractivity contribution in [3.8, 4) is 0 Å². The Morgan fingerprint density at radius 3 is 1.97 bits per heavy atom. The van der Waals surface area contributed by atoms with E-state index in [9.17, 15) is 14.4 Å². The third kappa shape index (κ3) is 14.5. The average molecular weight is 439 g/mol. The molecule has 0 saturated carbocycles. The topological polar surface area (TPSA) is 101 Å². The first-order chi connectivity index (χ1) is 14.8. The first-order valence-electron chi connectivity index (χ1n) is 11.8. The lowest BCUT2D eigenvalue weighted by Crippen LogP contribution is -2.28. The molecule has 0 spiro atoms. The summed E-state index contributed by atoms with van der Waals surface area (Å²) in [5, 5.41) is 17.5. The molecule has 1 aliphatic carbocycles. The van der Waals surface area contributed by atoms with E-state index in [4.69, 9.17) is 14.9 Å². The van der Waals surface area contributed by atoms with E-state index in [1.807, 2.05) is 0 Å². The molecule has 0 saturated heterocycles. The van der Waals surface area contributed by atoms with Gasteiger partial charge in [-0.2, -0.15) is 0 Å². The van der Waals surface area contributed by atoms with Crippen LogP contribution < -0.4 is 0 Å². The maximum Gasteiger partial charge on any atom is 0.331 e. The van der Waals surface area contributed by atoms with Gasteiger partial charge in [0.15, 0.2) is 0 Å². The molecule has 1 rings (SSSR count). The van der Waals surface area contributed by atoms with Crippen LogP contribution in [-0.2, 0) is 19.1 Å². The monoisotopic (exact) mass is 438 g/mol. The zero-order chi connectivity index (χ0) is 23.5. The van der Waals surface area contributed by atoms with Gasteiger partial charge in [-0.25, -0.2) is 4.79 Å². The molecular weight excluding hydrogens is 396 g/mol. The number of rotatable bonds is 15. The van der Waals surface area contributed by atoms with E-state index in [1.54, 1.807) is 0 Å². The smallest absolute Gasteiger partial charge is 0.331 e. The third-order valence-corrected chi connectivity index (χ3v) is 5.33. The van der Waals surface area contributed by atoms with Crippen molar-refractivity contribution in [1.82, 2.24) is 0 Å². The van der Waals surface area contributed by atoms with E-state index in [0.29, 0.717) is 13.0 Å². The zero-order valence-electron chi connectivity index (χ0n) is 19.7. The summed E-state index contributed by atoms with van der Waals surface area (Å²) in [6.07, 6.45) is 18.7. The lowest BCUT2D eigenvalue weighted by molar-refractivity contribution is -0.145. The summed E-state index contributed by atoms with van der Waals surface area (Å²) in [6, 6.07) is 0. The average Bonchev–Trinajstić information content (AvgIpc) is 2.73. The molecule has 0 amide bonds. The summed E-state index contributed by atoms with van der Waals surface area (Å²) in [6.45, 7) is 6.46. The van der Waals surface area contributed by atoms with Crippen LogP contribution in [-0.4, -0.2) is 34.7 Å². The van der Waals surface area contributed by atoms with E-state index in [2.05, 4.69) is 13.8 Å². The second-order valence-electron chi connectivity index (χ2n) is 8.41. The van der Waals surface area contributed by atoms with Gasteiger partial charge in [0.05, 0.1) is 12.0 Å². The fraction of sp³-hybridized carbons (Fsp3) is 0.720. The van der Waals surface area contributed by atoms with Gasteiger partial charge in [-0.1, -0.05) is 89.9 Å². The van der Waals surface area contributed by atoms with Crippen molar-refractivity contribution in [2.45, 2.75) is 104 Å². The summed E-state index contributed by atoms with van der Waals surface area (Å²) in [5.41, 5.74) is -0.949. The number of aliphatic carboxylic acids is 2. The molecule has 0 heterocycles. The normalized spacial score (nSPS) is 17.3. The number of carbonyl (C=O) groups excluding carboxylic acids is 1. The van der Waals surface area contributed by atoms with Crippen molar-refractivity contribution in [3.05, 3.63) is 23.8 Å². The standard InChI is InChI=1S/C16H32O2.C9H10O4/c1-3-5-7-8-9-10-11-12-13-14-16(17)18-15-6-4-2;1-9(8(12)13)4-2-3-6(5-9)7(10)11/h3-15H2,1-2H3;2-4H,5H2,1H3,(H,10,11)(H,12,13). The maximum absolute atomic E-state index is 11.3. The Morgan fingerprint density at radius 1 is 0.903 bits per heavy atom. The summed E-state index contributed by atoms with van der Waals surface area (Å²) >= 11 is 0. The molecule has 31 heavy (non-hydrogen) atoms. The molecule has 0 aliphatic heterocycles. The van der Waals surface area contributed by atoms with Crippen LogP contribution in [0.25, 0.3) is 0 Å². The number of hydrogen-bond donors (Lipinski definition) is 2. The first kappa shape index (κ1) is 28.9. The predicted octanol–water partition coefficient (Wildman–Crippen LogP) is 6.30. The van der Waals surface area contributed by atoms with E-state index < -0.39 is 17.4 Å². The maximum atomic E-state index is 11.3. The lowest BCUT2D eigenvalue weighted by Gasteiger charge is -2.23. The highest BCUT2D eigenvalue weighted by atomic mass is 16.5. The lowest BCUT2D eigenvalue weighted by atomic mass is 9.80. The highest BCUT2D eigenvalue weighted by Gasteiger charge is 2.34. The number of esters is 1. The van der Waals surface area contributed by atoms with Gasteiger partial charge in [-0.15, -0.1) is 0 Å². The molecule has 178 valence electrons. The van der Waals surface area contributed by atoms with Gasteiger partial charge in [0.1, 0.15) is 0 Å². The molecule has 6 nitrogen and oxygen atoms in total. The number of carboxylic acids is 2. The molecule has 0 aromatic rings. The van der Waals surface area contributed by atoms with Crippen LogP contribution in [0, 0.1) is 5.41 Å². The van der Waals surface area contributed by atoms with Crippen molar-refractivity contribution >= 4 is 17.9 Å². The Hall–Kier alpha value is -2.11. The number of carbonyl (C=O) groups is 3. The minimum Gasteiger partial charge on any atom is -0.481 e. The largest absolute Gasteiger partial charge is 0.481 e. The minimum absolute atomic E-state index is 0.00797. The number of hydrogen-bond acceptors (Lipinski definition) is 4. The van der Waals surface area contributed by atoms with E-state index in [-0.39, 0.29) is 18.0 Å². The molecule has 0 aromatic carbocycles. The summed E-state index contributed by atoms with van der Waals surface area (Å²) in [5.74, 6) is -2.07. The molecule has 0 aromatic heterocycles. The van der Waals surface area contributed by atoms with Crippen LogP contribution in [0.5, 0.6) is 0 Å². The van der Waals surface area contributed by atoms with Gasteiger partial charge in [0, 0.05) is 12.0 Å².